The predicted octanol–water partition coefficient (Wildman–Crippen LogP) is 7.36. The summed E-state index contributed by atoms with van der Waals surface area (Å²) in [6, 6.07) is 8.91. The number of halogens is 1. The Morgan fingerprint density at radius 1 is 1.00 bits per heavy atom. The molecule has 0 aromatic heterocycles. The Balaban J connectivity index is 1.27. The molecule has 1 aliphatic heterocycles. The van der Waals surface area contributed by atoms with Gasteiger partial charge in [0.05, 0.1) is 0 Å². The summed E-state index contributed by atoms with van der Waals surface area (Å²) in [5.74, 6) is 4.38. The molecular formula is C28H40ClNO. The van der Waals surface area contributed by atoms with E-state index in [-0.39, 0.29) is 5.91 Å². The molecule has 0 bridgehead atoms. The summed E-state index contributed by atoms with van der Waals surface area (Å²) in [4.78, 5) is 12.0. The van der Waals surface area contributed by atoms with E-state index in [1.54, 1.807) is 0 Å². The van der Waals surface area contributed by atoms with Crippen molar-refractivity contribution in [1.29, 1.82) is 0 Å². The number of hydrogen-bond donors (Lipinski definition) is 1. The number of piperidine rings is 1. The Labute approximate surface area is 193 Å². The molecule has 170 valence electrons. The summed E-state index contributed by atoms with van der Waals surface area (Å²) in [5.41, 5.74) is 2.29. The van der Waals surface area contributed by atoms with Crippen molar-refractivity contribution in [2.75, 3.05) is 0 Å². The van der Waals surface area contributed by atoms with Crippen molar-refractivity contribution in [2.24, 2.45) is 34.5 Å². The lowest BCUT2D eigenvalue weighted by molar-refractivity contribution is -0.136. The highest BCUT2D eigenvalue weighted by atomic mass is 35.5. The van der Waals surface area contributed by atoms with Crippen molar-refractivity contribution in [1.82, 2.24) is 5.32 Å². The summed E-state index contributed by atoms with van der Waals surface area (Å²) >= 11 is 6.09. The molecular weight excluding hydrogens is 402 g/mol. The van der Waals surface area contributed by atoms with Crippen LogP contribution in [0.5, 0.6) is 0 Å². The minimum absolute atomic E-state index is 0.289. The zero-order valence-corrected chi connectivity index (χ0v) is 20.4. The summed E-state index contributed by atoms with van der Waals surface area (Å²) in [7, 11) is 0. The molecule has 4 aliphatic rings. The predicted molar refractivity (Wildman–Crippen MR) is 128 cm³/mol. The number of fused-ring (bicyclic) bond motifs is 5. The summed E-state index contributed by atoms with van der Waals surface area (Å²) in [6.07, 6.45) is 12.7. The number of hydrogen-bond acceptors (Lipinski definition) is 1. The van der Waals surface area contributed by atoms with Gasteiger partial charge in [-0.25, -0.2) is 0 Å². The van der Waals surface area contributed by atoms with Crippen molar-refractivity contribution in [2.45, 2.75) is 96.9 Å². The Hall–Kier alpha value is -1.02. The molecule has 3 aliphatic carbocycles. The lowest BCUT2D eigenvalue weighted by Crippen LogP contribution is -2.61. The minimum atomic E-state index is 0.289. The van der Waals surface area contributed by atoms with Gasteiger partial charge in [0.1, 0.15) is 0 Å². The van der Waals surface area contributed by atoms with Crippen molar-refractivity contribution in [3.8, 4) is 0 Å². The molecule has 3 saturated carbocycles. The van der Waals surface area contributed by atoms with Crippen molar-refractivity contribution >= 4 is 17.5 Å². The topological polar surface area (TPSA) is 29.1 Å². The van der Waals surface area contributed by atoms with Gasteiger partial charge in [0.25, 0.3) is 0 Å². The molecule has 1 amide bonds. The highest BCUT2D eigenvalue weighted by Crippen LogP contribution is 2.66. The molecule has 3 unspecified atom stereocenters. The molecule has 0 spiro atoms. The smallest absolute Gasteiger partial charge is 0.220 e. The average Bonchev–Trinajstić information content (AvgIpc) is 3.09. The number of rotatable bonds is 4. The first-order chi connectivity index (χ1) is 14.8. The number of carbonyl (C=O) groups excluding carboxylic acids is 1. The van der Waals surface area contributed by atoms with E-state index < -0.39 is 0 Å². The molecule has 3 heteroatoms. The highest BCUT2D eigenvalue weighted by molar-refractivity contribution is 6.30. The minimum Gasteiger partial charge on any atom is -0.353 e. The van der Waals surface area contributed by atoms with Crippen LogP contribution in [0.3, 0.4) is 0 Å². The quantitative estimate of drug-likeness (QED) is 0.519. The molecule has 1 N–H and O–H groups in total. The third-order valence-electron chi connectivity index (χ3n) is 10.7. The van der Waals surface area contributed by atoms with Gasteiger partial charge >= 0.3 is 0 Å². The largest absolute Gasteiger partial charge is 0.353 e. The molecule has 31 heavy (non-hydrogen) atoms. The highest BCUT2D eigenvalue weighted by Gasteiger charge is 2.60. The van der Waals surface area contributed by atoms with Gasteiger partial charge in [-0.15, -0.1) is 0 Å². The fourth-order valence-electron chi connectivity index (χ4n) is 8.69. The summed E-state index contributed by atoms with van der Waals surface area (Å²) in [6.45, 7) is 7.54. The van der Waals surface area contributed by atoms with Crippen LogP contribution in [-0.4, -0.2) is 11.9 Å². The van der Waals surface area contributed by atoms with Gasteiger partial charge in [0.2, 0.25) is 5.91 Å². The lowest BCUT2D eigenvalue weighted by Gasteiger charge is -2.60. The second kappa shape index (κ2) is 8.08. The second-order valence-electron chi connectivity index (χ2n) is 11.9. The van der Waals surface area contributed by atoms with Crippen LogP contribution in [-0.2, 0) is 4.79 Å². The molecule has 5 rings (SSSR count). The third kappa shape index (κ3) is 3.65. The molecule has 1 aromatic carbocycles. The van der Waals surface area contributed by atoms with E-state index in [0.717, 1.165) is 41.5 Å². The van der Waals surface area contributed by atoms with E-state index in [1.165, 1.54) is 56.9 Å². The summed E-state index contributed by atoms with van der Waals surface area (Å²) < 4.78 is 0. The zero-order chi connectivity index (χ0) is 21.8. The number of carbonyl (C=O) groups is 1. The van der Waals surface area contributed by atoms with Crippen LogP contribution in [0.25, 0.3) is 0 Å². The Kier molecular flexibility index (Phi) is 5.69. The maximum atomic E-state index is 12.0. The van der Waals surface area contributed by atoms with E-state index in [1.807, 2.05) is 12.1 Å². The van der Waals surface area contributed by atoms with Crippen LogP contribution in [0.1, 0.15) is 96.5 Å². The van der Waals surface area contributed by atoms with Crippen LogP contribution in [0.15, 0.2) is 24.3 Å². The Morgan fingerprint density at radius 3 is 2.52 bits per heavy atom. The average molecular weight is 442 g/mol. The number of amides is 1. The van der Waals surface area contributed by atoms with Gasteiger partial charge in [-0.1, -0.05) is 44.5 Å². The monoisotopic (exact) mass is 441 g/mol. The van der Waals surface area contributed by atoms with Crippen LogP contribution in [0.4, 0.5) is 0 Å². The normalized spacial score (nSPS) is 42.8. The SMILES string of the molecule is CC(CCC1CC[C@H]2[C@@H]3CCC4NC(=O)CC[C@]4(C)[C@@H]3CC[C@]12C)c1ccc(Cl)cc1. The molecule has 0 radical (unpaired) electrons. The lowest BCUT2D eigenvalue weighted by atomic mass is 9.47. The van der Waals surface area contributed by atoms with Crippen molar-refractivity contribution < 1.29 is 4.79 Å². The second-order valence-corrected chi connectivity index (χ2v) is 12.4. The van der Waals surface area contributed by atoms with Crippen LogP contribution < -0.4 is 5.32 Å². The third-order valence-corrected chi connectivity index (χ3v) is 10.9. The molecule has 4 fully saturated rings. The molecule has 1 heterocycles. The Morgan fingerprint density at radius 2 is 1.74 bits per heavy atom. The van der Waals surface area contributed by atoms with Gasteiger partial charge < -0.3 is 5.32 Å². The molecule has 2 nitrogen and oxygen atoms in total. The van der Waals surface area contributed by atoms with Crippen LogP contribution in [0, 0.1) is 34.5 Å². The standard InChI is InChI=1S/C28H40ClNO/c1-18(19-5-9-21(29)10-6-19)4-7-20-8-12-23-22-11-13-25-28(3,17-15-26(31)30-25)24(22)14-16-27(20,23)2/h5-6,9-10,18,20,22-25H,4,7-8,11-17H2,1-3H3,(H,30,31)/t18?,20?,22-,23-,24+,25?,27+,28+/m0/s1. The van der Waals surface area contributed by atoms with E-state index in [9.17, 15) is 4.79 Å². The molecule has 1 saturated heterocycles. The Bertz CT molecular complexity index is 821. The number of nitrogens with one attached hydrogen (secondary N) is 1. The van der Waals surface area contributed by atoms with E-state index in [4.69, 9.17) is 11.6 Å². The first-order valence-electron chi connectivity index (χ1n) is 12.9. The molecule has 8 atom stereocenters. The van der Waals surface area contributed by atoms with E-state index in [2.05, 4.69) is 38.2 Å². The van der Waals surface area contributed by atoms with Gasteiger partial charge in [-0.05, 0) is 116 Å². The van der Waals surface area contributed by atoms with Crippen LogP contribution in [0.2, 0.25) is 5.02 Å². The first-order valence-corrected chi connectivity index (χ1v) is 13.2. The fourth-order valence-corrected chi connectivity index (χ4v) is 8.82. The van der Waals surface area contributed by atoms with Gasteiger partial charge in [-0.3, -0.25) is 4.79 Å². The van der Waals surface area contributed by atoms with E-state index in [0.29, 0.717) is 22.8 Å². The van der Waals surface area contributed by atoms with Gasteiger partial charge in [0.15, 0.2) is 0 Å². The van der Waals surface area contributed by atoms with Gasteiger partial charge in [-0.2, -0.15) is 0 Å². The summed E-state index contributed by atoms with van der Waals surface area (Å²) in [5, 5.41) is 4.21. The van der Waals surface area contributed by atoms with Crippen LogP contribution >= 0.6 is 11.6 Å². The van der Waals surface area contributed by atoms with E-state index >= 15 is 0 Å². The maximum absolute atomic E-state index is 12.0. The van der Waals surface area contributed by atoms with Gasteiger partial charge in [0, 0.05) is 17.5 Å². The maximum Gasteiger partial charge on any atom is 0.220 e. The fraction of sp³-hybridized carbons (Fsp3) is 0.750. The first kappa shape index (κ1) is 21.8. The molecule has 1 aromatic rings. The van der Waals surface area contributed by atoms with Crippen molar-refractivity contribution in [3.63, 3.8) is 0 Å². The zero-order valence-electron chi connectivity index (χ0n) is 19.6. The number of benzene rings is 1. The van der Waals surface area contributed by atoms with Crippen molar-refractivity contribution in [3.05, 3.63) is 34.9 Å².